The molecule has 1 aliphatic heterocycles. The molecule has 0 aromatic carbocycles. The van der Waals surface area contributed by atoms with Gasteiger partial charge in [0.15, 0.2) is 0 Å². The van der Waals surface area contributed by atoms with Crippen LogP contribution in [0.1, 0.15) is 13.3 Å². The summed E-state index contributed by atoms with van der Waals surface area (Å²) in [5, 5.41) is 13.3. The molecule has 0 saturated heterocycles. The van der Waals surface area contributed by atoms with Crippen LogP contribution in [0.3, 0.4) is 0 Å². The summed E-state index contributed by atoms with van der Waals surface area (Å²) in [4.78, 5) is 4.86. The molecule has 54 valence electrons. The lowest BCUT2D eigenvalue weighted by atomic mass is 10.3. The van der Waals surface area contributed by atoms with Gasteiger partial charge in [-0.2, -0.15) is 5.26 Å². The van der Waals surface area contributed by atoms with Gasteiger partial charge in [0.1, 0.15) is 11.7 Å². The van der Waals surface area contributed by atoms with E-state index in [2.05, 4.69) is 11.2 Å². The standard InChI is InChI=1S/C6H8N2OS/c1-5-8-9-4-6(10-5)2-3-7/h6H,2,4H2,1H3. The number of nitrogens with zero attached hydrogens (tertiary/aromatic N) is 2. The Kier molecular flexibility index (Phi) is 2.57. The van der Waals surface area contributed by atoms with Crippen molar-refractivity contribution in [2.24, 2.45) is 5.16 Å². The summed E-state index contributed by atoms with van der Waals surface area (Å²) in [6.07, 6.45) is 0.539. The van der Waals surface area contributed by atoms with Crippen molar-refractivity contribution in [3.63, 3.8) is 0 Å². The van der Waals surface area contributed by atoms with Gasteiger partial charge < -0.3 is 4.84 Å². The van der Waals surface area contributed by atoms with Crippen molar-refractivity contribution >= 4 is 16.8 Å². The van der Waals surface area contributed by atoms with E-state index in [1.807, 2.05) is 6.92 Å². The Labute approximate surface area is 64.0 Å². The van der Waals surface area contributed by atoms with Gasteiger partial charge in [-0.3, -0.25) is 0 Å². The largest absolute Gasteiger partial charge is 0.394 e. The molecule has 1 atom stereocenters. The van der Waals surface area contributed by atoms with E-state index in [-0.39, 0.29) is 5.25 Å². The first-order valence-corrected chi connectivity index (χ1v) is 3.91. The van der Waals surface area contributed by atoms with Gasteiger partial charge in [-0.15, -0.1) is 0 Å². The first-order chi connectivity index (χ1) is 4.83. The van der Waals surface area contributed by atoms with Crippen molar-refractivity contribution in [2.75, 3.05) is 6.61 Å². The molecule has 0 spiro atoms. The molecule has 0 saturated carbocycles. The first-order valence-electron chi connectivity index (χ1n) is 3.03. The van der Waals surface area contributed by atoms with E-state index in [1.54, 1.807) is 11.8 Å². The molecular weight excluding hydrogens is 148 g/mol. The van der Waals surface area contributed by atoms with Gasteiger partial charge in [0.05, 0.1) is 17.7 Å². The number of nitriles is 1. The van der Waals surface area contributed by atoms with Crippen LogP contribution in [0.5, 0.6) is 0 Å². The van der Waals surface area contributed by atoms with Crippen molar-refractivity contribution in [1.29, 1.82) is 5.26 Å². The van der Waals surface area contributed by atoms with Crippen molar-refractivity contribution in [1.82, 2.24) is 0 Å². The Morgan fingerprint density at radius 2 is 2.80 bits per heavy atom. The second-order valence-electron chi connectivity index (χ2n) is 2.01. The fraction of sp³-hybridized carbons (Fsp3) is 0.667. The predicted octanol–water partition coefficient (Wildman–Crippen LogP) is 1.37. The quantitative estimate of drug-likeness (QED) is 0.576. The molecule has 0 amide bonds. The molecule has 0 N–H and O–H groups in total. The van der Waals surface area contributed by atoms with Crippen LogP contribution >= 0.6 is 11.8 Å². The van der Waals surface area contributed by atoms with Gasteiger partial charge >= 0.3 is 0 Å². The molecule has 0 aliphatic carbocycles. The highest BCUT2D eigenvalue weighted by atomic mass is 32.2. The average Bonchev–Trinajstić information content (AvgIpc) is 1.88. The second-order valence-corrected chi connectivity index (χ2v) is 3.50. The third-order valence-corrected chi connectivity index (χ3v) is 2.16. The third-order valence-electron chi connectivity index (χ3n) is 1.11. The van der Waals surface area contributed by atoms with Crippen LogP contribution in [-0.4, -0.2) is 16.9 Å². The molecule has 3 nitrogen and oxygen atoms in total. The highest BCUT2D eigenvalue weighted by Crippen LogP contribution is 2.20. The van der Waals surface area contributed by atoms with Crippen LogP contribution in [0.2, 0.25) is 0 Å². The topological polar surface area (TPSA) is 45.4 Å². The van der Waals surface area contributed by atoms with E-state index in [4.69, 9.17) is 10.1 Å². The summed E-state index contributed by atoms with van der Waals surface area (Å²) in [7, 11) is 0. The van der Waals surface area contributed by atoms with E-state index < -0.39 is 0 Å². The molecule has 0 fully saturated rings. The number of rotatable bonds is 1. The normalized spacial score (nSPS) is 24.4. The predicted molar refractivity (Wildman–Crippen MR) is 40.7 cm³/mol. The number of thioether (sulfide) groups is 1. The molecule has 1 heterocycles. The summed E-state index contributed by atoms with van der Waals surface area (Å²) in [5.41, 5.74) is 0. The molecule has 0 bridgehead atoms. The van der Waals surface area contributed by atoms with Gasteiger partial charge in [0.2, 0.25) is 0 Å². The molecule has 0 aromatic heterocycles. The molecule has 1 unspecified atom stereocenters. The molecule has 4 heteroatoms. The van der Waals surface area contributed by atoms with E-state index in [1.165, 1.54) is 0 Å². The van der Waals surface area contributed by atoms with E-state index >= 15 is 0 Å². The molecule has 10 heavy (non-hydrogen) atoms. The van der Waals surface area contributed by atoms with E-state index in [9.17, 15) is 0 Å². The SMILES string of the molecule is CC1=NOCC(CC#N)S1. The number of hydrogen-bond donors (Lipinski definition) is 0. The molecule has 1 aliphatic rings. The Morgan fingerprint density at radius 1 is 2.00 bits per heavy atom. The summed E-state index contributed by atoms with van der Waals surface area (Å²) in [6, 6.07) is 2.10. The Bertz CT molecular complexity index is 185. The fourth-order valence-electron chi connectivity index (χ4n) is 0.710. The maximum atomic E-state index is 8.35. The maximum Gasteiger partial charge on any atom is 0.130 e. The smallest absolute Gasteiger partial charge is 0.130 e. The van der Waals surface area contributed by atoms with Crippen LogP contribution in [0.15, 0.2) is 5.16 Å². The van der Waals surface area contributed by atoms with Gasteiger partial charge in [-0.1, -0.05) is 16.9 Å². The highest BCUT2D eigenvalue weighted by Gasteiger charge is 2.15. The second kappa shape index (κ2) is 3.47. The molecule has 0 radical (unpaired) electrons. The summed E-state index contributed by atoms with van der Waals surface area (Å²) < 4.78 is 0. The lowest BCUT2D eigenvalue weighted by Gasteiger charge is -2.15. The third kappa shape index (κ3) is 1.92. The lowest BCUT2D eigenvalue weighted by molar-refractivity contribution is 0.144. The molecule has 1 rings (SSSR count). The minimum atomic E-state index is 0.280. The lowest BCUT2D eigenvalue weighted by Crippen LogP contribution is -2.16. The van der Waals surface area contributed by atoms with Gasteiger partial charge in [-0.25, -0.2) is 0 Å². The Hall–Kier alpha value is -0.690. The average molecular weight is 156 g/mol. The van der Waals surface area contributed by atoms with Crippen molar-refractivity contribution < 1.29 is 4.84 Å². The van der Waals surface area contributed by atoms with Crippen molar-refractivity contribution in [3.05, 3.63) is 0 Å². The van der Waals surface area contributed by atoms with Crippen molar-refractivity contribution in [3.8, 4) is 6.07 Å². The molecular formula is C6H8N2OS. The fourth-order valence-corrected chi connectivity index (χ4v) is 1.58. The van der Waals surface area contributed by atoms with Crippen LogP contribution in [0.25, 0.3) is 0 Å². The zero-order valence-electron chi connectivity index (χ0n) is 5.70. The Morgan fingerprint density at radius 3 is 3.40 bits per heavy atom. The number of oxime groups is 1. The first kappa shape index (κ1) is 7.42. The highest BCUT2D eigenvalue weighted by molar-refractivity contribution is 8.14. The molecule has 0 aromatic rings. The van der Waals surface area contributed by atoms with Gasteiger partial charge in [-0.05, 0) is 6.92 Å². The van der Waals surface area contributed by atoms with Crippen LogP contribution < -0.4 is 0 Å². The Balaban J connectivity index is 2.39. The minimum Gasteiger partial charge on any atom is -0.394 e. The van der Waals surface area contributed by atoms with E-state index in [0.717, 1.165) is 5.04 Å². The van der Waals surface area contributed by atoms with Gasteiger partial charge in [0, 0.05) is 0 Å². The minimum absolute atomic E-state index is 0.280. The zero-order chi connectivity index (χ0) is 7.40. The number of hydrogen-bond acceptors (Lipinski definition) is 4. The van der Waals surface area contributed by atoms with Crippen LogP contribution in [-0.2, 0) is 4.84 Å². The van der Waals surface area contributed by atoms with Crippen LogP contribution in [0, 0.1) is 11.3 Å². The zero-order valence-corrected chi connectivity index (χ0v) is 6.52. The van der Waals surface area contributed by atoms with Gasteiger partial charge in [0.25, 0.3) is 0 Å². The summed E-state index contributed by atoms with van der Waals surface area (Å²) in [5.74, 6) is 0. The summed E-state index contributed by atoms with van der Waals surface area (Å²) in [6.45, 7) is 2.45. The van der Waals surface area contributed by atoms with E-state index in [0.29, 0.717) is 13.0 Å². The van der Waals surface area contributed by atoms with Crippen molar-refractivity contribution in [2.45, 2.75) is 18.6 Å². The summed E-state index contributed by atoms with van der Waals surface area (Å²) >= 11 is 1.61. The maximum absolute atomic E-state index is 8.35. The van der Waals surface area contributed by atoms with Crippen LogP contribution in [0.4, 0.5) is 0 Å². The monoisotopic (exact) mass is 156 g/mol.